The maximum atomic E-state index is 12.1. The summed E-state index contributed by atoms with van der Waals surface area (Å²) < 4.78 is 0. The van der Waals surface area contributed by atoms with Gasteiger partial charge >= 0.3 is 0 Å². The third-order valence-corrected chi connectivity index (χ3v) is 6.32. The van der Waals surface area contributed by atoms with Crippen LogP contribution in [0, 0.1) is 5.92 Å². The number of likely N-dealkylation sites (tertiary alicyclic amines) is 2. The first-order chi connectivity index (χ1) is 12.1. The Bertz CT molecular complexity index is 425. The summed E-state index contributed by atoms with van der Waals surface area (Å²) in [7, 11) is 0. The molecule has 0 spiro atoms. The van der Waals surface area contributed by atoms with E-state index in [-0.39, 0.29) is 5.91 Å². The van der Waals surface area contributed by atoms with Crippen LogP contribution in [-0.2, 0) is 9.59 Å². The molecular weight excluding hydrogens is 334 g/mol. The van der Waals surface area contributed by atoms with Crippen molar-refractivity contribution in [1.29, 1.82) is 0 Å². The minimum Gasteiger partial charge on any atom is -0.355 e. The van der Waals surface area contributed by atoms with Crippen LogP contribution in [0.5, 0.6) is 0 Å². The van der Waals surface area contributed by atoms with E-state index in [0.29, 0.717) is 30.7 Å². The summed E-state index contributed by atoms with van der Waals surface area (Å²) in [4.78, 5) is 28.6. The number of nitrogens with zero attached hydrogens (tertiary/aromatic N) is 2. The van der Waals surface area contributed by atoms with E-state index in [9.17, 15) is 9.59 Å². The Morgan fingerprint density at radius 1 is 1.12 bits per heavy atom. The van der Waals surface area contributed by atoms with E-state index in [1.807, 2.05) is 11.2 Å². The highest BCUT2D eigenvalue weighted by Gasteiger charge is 2.24. The summed E-state index contributed by atoms with van der Waals surface area (Å²) in [6.45, 7) is 6.98. The van der Waals surface area contributed by atoms with Gasteiger partial charge in [-0.2, -0.15) is 11.8 Å². The van der Waals surface area contributed by atoms with E-state index in [2.05, 4.69) is 17.1 Å². The molecule has 5 nitrogen and oxygen atoms in total. The molecule has 2 amide bonds. The van der Waals surface area contributed by atoms with Crippen molar-refractivity contribution < 1.29 is 9.59 Å². The van der Waals surface area contributed by atoms with Gasteiger partial charge in [0.1, 0.15) is 0 Å². The van der Waals surface area contributed by atoms with Crippen molar-refractivity contribution >= 4 is 23.6 Å². The summed E-state index contributed by atoms with van der Waals surface area (Å²) in [6.07, 6.45) is 8.83. The lowest BCUT2D eigenvalue weighted by atomic mass is 9.92. The summed E-state index contributed by atoms with van der Waals surface area (Å²) in [6, 6.07) is 0.532. The fraction of sp³-hybridized carbons (Fsp3) is 0.895. The maximum Gasteiger partial charge on any atom is 0.223 e. The van der Waals surface area contributed by atoms with Crippen LogP contribution in [0.15, 0.2) is 0 Å². The molecule has 2 heterocycles. The molecule has 2 aliphatic heterocycles. The van der Waals surface area contributed by atoms with Crippen LogP contribution in [-0.4, -0.2) is 72.4 Å². The predicted molar refractivity (Wildman–Crippen MR) is 105 cm³/mol. The van der Waals surface area contributed by atoms with E-state index >= 15 is 0 Å². The summed E-state index contributed by atoms with van der Waals surface area (Å²) >= 11 is 1.73. The third kappa shape index (κ3) is 6.81. The van der Waals surface area contributed by atoms with Gasteiger partial charge in [-0.15, -0.1) is 0 Å². The molecule has 1 N–H and O–H groups in total. The van der Waals surface area contributed by atoms with Gasteiger partial charge in [-0.25, -0.2) is 0 Å². The molecule has 0 bridgehead atoms. The molecule has 0 aromatic carbocycles. The number of hydrogen-bond donors (Lipinski definition) is 1. The van der Waals surface area contributed by atoms with Crippen molar-refractivity contribution in [3.63, 3.8) is 0 Å². The first-order valence-corrected chi connectivity index (χ1v) is 11.3. The van der Waals surface area contributed by atoms with E-state index < -0.39 is 0 Å². The normalized spacial score (nSPS) is 22.3. The molecule has 2 fully saturated rings. The monoisotopic (exact) mass is 369 g/mol. The first kappa shape index (κ1) is 20.6. The van der Waals surface area contributed by atoms with Crippen LogP contribution >= 0.6 is 11.8 Å². The highest BCUT2D eigenvalue weighted by molar-refractivity contribution is 7.98. The standard InChI is InChI=1S/C19H35N3O2S/c1-3-21-11-4-5-17(21)15-20-18(23)7-6-16-8-12-22(13-9-16)19(24)10-14-25-2/h16-17H,3-15H2,1-2H3,(H,20,23). The number of nitrogens with one attached hydrogen (secondary N) is 1. The molecule has 2 saturated heterocycles. The minimum absolute atomic E-state index is 0.196. The lowest BCUT2D eigenvalue weighted by molar-refractivity contribution is -0.132. The average molecular weight is 370 g/mol. The van der Waals surface area contributed by atoms with Crippen LogP contribution in [0.25, 0.3) is 0 Å². The first-order valence-electron chi connectivity index (χ1n) is 9.91. The van der Waals surface area contributed by atoms with Crippen molar-refractivity contribution in [1.82, 2.24) is 15.1 Å². The Morgan fingerprint density at radius 3 is 2.56 bits per heavy atom. The lowest BCUT2D eigenvalue weighted by Crippen LogP contribution is -2.40. The van der Waals surface area contributed by atoms with Crippen molar-refractivity contribution in [2.75, 3.05) is 44.7 Å². The number of carbonyl (C=O) groups is 2. The Hall–Kier alpha value is -0.750. The second-order valence-corrected chi connectivity index (χ2v) is 8.32. The topological polar surface area (TPSA) is 52.7 Å². The molecular formula is C19H35N3O2S. The van der Waals surface area contributed by atoms with Crippen LogP contribution in [0.4, 0.5) is 0 Å². The van der Waals surface area contributed by atoms with Gasteiger partial charge in [-0.3, -0.25) is 14.5 Å². The molecule has 0 saturated carbocycles. The number of likely N-dealkylation sites (N-methyl/N-ethyl adjacent to an activating group) is 1. The van der Waals surface area contributed by atoms with Crippen molar-refractivity contribution in [3.05, 3.63) is 0 Å². The van der Waals surface area contributed by atoms with Gasteiger partial charge in [0.05, 0.1) is 0 Å². The molecule has 25 heavy (non-hydrogen) atoms. The van der Waals surface area contributed by atoms with Gasteiger partial charge in [0.15, 0.2) is 0 Å². The number of piperidine rings is 1. The molecule has 0 aromatic rings. The van der Waals surface area contributed by atoms with E-state index in [0.717, 1.165) is 51.2 Å². The van der Waals surface area contributed by atoms with Crippen LogP contribution in [0.3, 0.4) is 0 Å². The third-order valence-electron chi connectivity index (χ3n) is 5.71. The zero-order valence-corrected chi connectivity index (χ0v) is 16.8. The van der Waals surface area contributed by atoms with Crippen molar-refractivity contribution in [2.24, 2.45) is 5.92 Å². The lowest BCUT2D eigenvalue weighted by Gasteiger charge is -2.32. The van der Waals surface area contributed by atoms with Gasteiger partial charge in [-0.05, 0) is 57.4 Å². The Balaban J connectivity index is 1.57. The number of carbonyl (C=O) groups excluding carboxylic acids is 2. The molecule has 144 valence electrons. The summed E-state index contributed by atoms with van der Waals surface area (Å²) in [5, 5.41) is 3.13. The number of amides is 2. The van der Waals surface area contributed by atoms with E-state index in [1.165, 1.54) is 19.4 Å². The SMILES string of the molecule is CCN1CCCC1CNC(=O)CCC1CCN(C(=O)CCSC)CC1. The molecule has 0 aromatic heterocycles. The average Bonchev–Trinajstić information content (AvgIpc) is 3.10. The van der Waals surface area contributed by atoms with Crippen LogP contribution in [0.1, 0.15) is 51.9 Å². The highest BCUT2D eigenvalue weighted by atomic mass is 32.2. The Morgan fingerprint density at radius 2 is 1.88 bits per heavy atom. The Labute approximate surface area is 157 Å². The molecule has 2 rings (SSSR count). The minimum atomic E-state index is 0.196. The van der Waals surface area contributed by atoms with Crippen molar-refractivity contribution in [2.45, 2.75) is 57.9 Å². The zero-order valence-electron chi connectivity index (χ0n) is 16.0. The van der Waals surface area contributed by atoms with Gasteiger partial charge in [0.2, 0.25) is 11.8 Å². The fourth-order valence-electron chi connectivity index (χ4n) is 4.02. The number of hydrogen-bond acceptors (Lipinski definition) is 4. The van der Waals surface area contributed by atoms with Gasteiger partial charge in [0.25, 0.3) is 0 Å². The number of rotatable bonds is 9. The van der Waals surface area contributed by atoms with E-state index in [1.54, 1.807) is 11.8 Å². The van der Waals surface area contributed by atoms with Crippen LogP contribution in [0.2, 0.25) is 0 Å². The molecule has 1 unspecified atom stereocenters. The quantitative estimate of drug-likeness (QED) is 0.678. The van der Waals surface area contributed by atoms with Gasteiger partial charge < -0.3 is 10.2 Å². The predicted octanol–water partition coefficient (Wildman–Crippen LogP) is 2.36. The second-order valence-electron chi connectivity index (χ2n) is 7.33. The smallest absolute Gasteiger partial charge is 0.223 e. The van der Waals surface area contributed by atoms with E-state index in [4.69, 9.17) is 0 Å². The summed E-state index contributed by atoms with van der Waals surface area (Å²) in [5.74, 6) is 1.99. The zero-order chi connectivity index (χ0) is 18.1. The molecule has 1 atom stereocenters. The highest BCUT2D eigenvalue weighted by Crippen LogP contribution is 2.22. The van der Waals surface area contributed by atoms with Crippen molar-refractivity contribution in [3.8, 4) is 0 Å². The second kappa shape index (κ2) is 11.1. The largest absolute Gasteiger partial charge is 0.355 e. The van der Waals surface area contributed by atoms with Crippen LogP contribution < -0.4 is 5.32 Å². The molecule has 6 heteroatoms. The molecule has 2 aliphatic rings. The fourth-order valence-corrected chi connectivity index (χ4v) is 4.40. The van der Waals surface area contributed by atoms with Gasteiger partial charge in [0, 0.05) is 44.3 Å². The summed E-state index contributed by atoms with van der Waals surface area (Å²) in [5.41, 5.74) is 0. The van der Waals surface area contributed by atoms with Gasteiger partial charge in [-0.1, -0.05) is 6.92 Å². The molecule has 0 aliphatic carbocycles. The maximum absolute atomic E-state index is 12.1. The Kier molecular flexibility index (Phi) is 9.10. The molecule has 0 radical (unpaired) electrons. The number of thioether (sulfide) groups is 1.